The molecule has 0 saturated carbocycles. The Morgan fingerprint density at radius 2 is 1.75 bits per heavy atom. The van der Waals surface area contributed by atoms with Gasteiger partial charge in [0.15, 0.2) is 0 Å². The fraction of sp³-hybridized carbons (Fsp3) is 0.167. The number of aromatic nitrogens is 4. The van der Waals surface area contributed by atoms with Crippen molar-refractivity contribution in [3.05, 3.63) is 123 Å². The summed E-state index contributed by atoms with van der Waals surface area (Å²) in [6, 6.07) is 16.8. The fourth-order valence-electron chi connectivity index (χ4n) is 5.09. The van der Waals surface area contributed by atoms with Crippen LogP contribution in [0, 0.1) is 6.92 Å². The first-order valence-electron chi connectivity index (χ1n) is 13.7. The van der Waals surface area contributed by atoms with E-state index in [0.717, 1.165) is 67.6 Å². The second-order valence-electron chi connectivity index (χ2n) is 10.5. The van der Waals surface area contributed by atoms with Crippen molar-refractivity contribution >= 4 is 42.4 Å². The fourth-order valence-corrected chi connectivity index (χ4v) is 5.09. The third-order valence-corrected chi connectivity index (χ3v) is 7.11. The number of allylic oxidation sites excluding steroid dienone is 5. The first kappa shape index (κ1) is 26.9. The lowest BCUT2D eigenvalue weighted by molar-refractivity contribution is 0.794. The molecule has 4 heterocycles. The molecule has 40 heavy (non-hydrogen) atoms. The monoisotopic (exact) mass is 524 g/mol. The van der Waals surface area contributed by atoms with E-state index in [2.05, 4.69) is 123 Å². The second kappa shape index (κ2) is 11.6. The zero-order valence-electron chi connectivity index (χ0n) is 23.8. The Labute approximate surface area is 236 Å². The third kappa shape index (κ3) is 5.97. The molecule has 0 spiro atoms. The minimum absolute atomic E-state index is 0.305. The summed E-state index contributed by atoms with van der Waals surface area (Å²) in [5.41, 5.74) is 11.2. The van der Waals surface area contributed by atoms with E-state index < -0.39 is 0 Å². The number of fused-ring (bicyclic) bond motifs is 6. The number of hydrogen-bond donors (Lipinski definition) is 2. The molecular formula is C36H36N4. The van der Waals surface area contributed by atoms with Gasteiger partial charge in [-0.15, -0.1) is 0 Å². The smallest absolute Gasteiger partial charge is 0.0737 e. The SMILES string of the molecule is C=c1cc2nc(cc3ccc([nH]3)c(/C=C/C=C(C)\C=C/C)c3nc(c(-c4ccc(C)cc4)c(=C)[nH]1)C=C3)CC2C. The van der Waals surface area contributed by atoms with Crippen molar-refractivity contribution < 1.29 is 0 Å². The number of H-pyrrole nitrogens is 2. The summed E-state index contributed by atoms with van der Waals surface area (Å²) < 4.78 is 0. The Hall–Kier alpha value is -4.70. The highest BCUT2D eigenvalue weighted by Crippen LogP contribution is 2.27. The molecule has 1 aromatic carbocycles. The maximum absolute atomic E-state index is 5.14. The summed E-state index contributed by atoms with van der Waals surface area (Å²) in [7, 11) is 0. The quantitative estimate of drug-likeness (QED) is 0.271. The molecule has 6 bridgehead atoms. The van der Waals surface area contributed by atoms with Crippen molar-refractivity contribution in [2.45, 2.75) is 40.0 Å². The van der Waals surface area contributed by atoms with Crippen molar-refractivity contribution in [2.24, 2.45) is 0 Å². The van der Waals surface area contributed by atoms with Crippen molar-refractivity contribution in [3.8, 4) is 11.1 Å². The van der Waals surface area contributed by atoms with E-state index in [1.54, 1.807) is 0 Å². The summed E-state index contributed by atoms with van der Waals surface area (Å²) in [6.45, 7) is 17.1. The molecule has 4 nitrogen and oxygen atoms in total. The molecule has 4 heteroatoms. The van der Waals surface area contributed by atoms with E-state index in [0.29, 0.717) is 5.92 Å². The van der Waals surface area contributed by atoms with E-state index in [4.69, 9.17) is 9.97 Å². The second-order valence-corrected chi connectivity index (χ2v) is 10.5. The lowest BCUT2D eigenvalue weighted by Gasteiger charge is -2.04. The molecule has 0 aliphatic carbocycles. The molecule has 200 valence electrons. The molecule has 2 aromatic heterocycles. The van der Waals surface area contributed by atoms with Gasteiger partial charge >= 0.3 is 0 Å². The van der Waals surface area contributed by atoms with Crippen molar-refractivity contribution in [1.29, 1.82) is 0 Å². The van der Waals surface area contributed by atoms with Crippen LogP contribution in [0.15, 0.2) is 78.4 Å². The number of hydrogen-bond acceptors (Lipinski definition) is 2. The Kier molecular flexibility index (Phi) is 7.79. The van der Waals surface area contributed by atoms with Crippen LogP contribution in [0.4, 0.5) is 0 Å². The summed E-state index contributed by atoms with van der Waals surface area (Å²) in [5, 5.41) is 1.49. The molecule has 2 N–H and O–H groups in total. The zero-order chi connectivity index (χ0) is 28.2. The van der Waals surface area contributed by atoms with Gasteiger partial charge in [0.2, 0.25) is 0 Å². The minimum Gasteiger partial charge on any atom is -0.356 e. The van der Waals surface area contributed by atoms with Crippen molar-refractivity contribution in [3.63, 3.8) is 0 Å². The van der Waals surface area contributed by atoms with Crippen molar-refractivity contribution in [1.82, 2.24) is 19.9 Å². The molecule has 0 radical (unpaired) electrons. The van der Waals surface area contributed by atoms with Gasteiger partial charge in [0.25, 0.3) is 0 Å². The van der Waals surface area contributed by atoms with Gasteiger partial charge in [-0.05, 0) is 69.2 Å². The highest BCUT2D eigenvalue weighted by Gasteiger charge is 2.15. The third-order valence-electron chi connectivity index (χ3n) is 7.11. The topological polar surface area (TPSA) is 57.4 Å². The van der Waals surface area contributed by atoms with Gasteiger partial charge in [0.1, 0.15) is 0 Å². The first-order chi connectivity index (χ1) is 19.3. The van der Waals surface area contributed by atoms with Gasteiger partial charge in [0, 0.05) is 50.2 Å². The minimum atomic E-state index is 0.305. The van der Waals surface area contributed by atoms with E-state index in [-0.39, 0.29) is 0 Å². The highest BCUT2D eigenvalue weighted by molar-refractivity contribution is 5.86. The van der Waals surface area contributed by atoms with Crippen LogP contribution < -0.4 is 10.7 Å². The van der Waals surface area contributed by atoms with Gasteiger partial charge in [-0.2, -0.15) is 0 Å². The summed E-state index contributed by atoms with van der Waals surface area (Å²) in [5.74, 6) is 0.305. The Morgan fingerprint density at radius 1 is 0.975 bits per heavy atom. The standard InChI is InChI=1S/C36H36N4/c1-7-9-23(2)10-8-11-31-32-17-16-29(38-32)22-30-20-25(4)35(39-30)21-26(5)37-27(6)36(34-19-18-33(31)40-34)28-14-12-24(3)13-15-28/h7-19,21-22,25,37-38H,5-6,20H2,1-4H3/b9-7-,11-8+,23-10-,29-22?,32-31?,35-21?,36-34?. The van der Waals surface area contributed by atoms with E-state index in [1.807, 2.05) is 19.1 Å². The lowest BCUT2D eigenvalue weighted by Crippen LogP contribution is -2.17. The molecule has 1 unspecified atom stereocenters. The summed E-state index contributed by atoms with van der Waals surface area (Å²) >= 11 is 0. The van der Waals surface area contributed by atoms with Gasteiger partial charge in [-0.25, -0.2) is 4.98 Å². The molecule has 0 saturated heterocycles. The van der Waals surface area contributed by atoms with Gasteiger partial charge in [0.05, 0.1) is 11.4 Å². The normalized spacial score (nSPS) is 15.2. The Bertz CT molecular complexity index is 1840. The number of rotatable bonds is 4. The average molecular weight is 525 g/mol. The average Bonchev–Trinajstić information content (AvgIpc) is 3.64. The van der Waals surface area contributed by atoms with Gasteiger partial charge in [-0.3, -0.25) is 4.98 Å². The van der Waals surface area contributed by atoms with Crippen molar-refractivity contribution in [2.75, 3.05) is 0 Å². The molecule has 1 atom stereocenters. The molecule has 2 aliphatic heterocycles. The van der Waals surface area contributed by atoms with Gasteiger partial charge < -0.3 is 9.97 Å². The number of aromatic amines is 2. The maximum Gasteiger partial charge on any atom is 0.0737 e. The summed E-state index contributed by atoms with van der Waals surface area (Å²) in [6.07, 6.45) is 15.5. The molecule has 5 rings (SSSR count). The maximum atomic E-state index is 5.14. The number of nitrogens with zero attached hydrogens (tertiary/aromatic N) is 2. The van der Waals surface area contributed by atoms with Crippen LogP contribution in [0.3, 0.4) is 0 Å². The van der Waals surface area contributed by atoms with Crippen LogP contribution in [-0.4, -0.2) is 19.9 Å². The highest BCUT2D eigenvalue weighted by atomic mass is 14.8. The summed E-state index contributed by atoms with van der Waals surface area (Å²) in [4.78, 5) is 17.1. The largest absolute Gasteiger partial charge is 0.356 e. The van der Waals surface area contributed by atoms with Crippen LogP contribution in [0.5, 0.6) is 0 Å². The lowest BCUT2D eigenvalue weighted by atomic mass is 10.0. The zero-order valence-corrected chi connectivity index (χ0v) is 23.8. The predicted molar refractivity (Wildman–Crippen MR) is 171 cm³/mol. The number of nitrogens with one attached hydrogen (secondary N) is 2. The molecular weight excluding hydrogens is 488 g/mol. The molecule has 0 fully saturated rings. The Balaban J connectivity index is 1.87. The van der Waals surface area contributed by atoms with Gasteiger partial charge in [-0.1, -0.05) is 85.9 Å². The van der Waals surface area contributed by atoms with Crippen LogP contribution >= 0.6 is 0 Å². The molecule has 0 amide bonds. The van der Waals surface area contributed by atoms with Crippen LogP contribution in [-0.2, 0) is 6.42 Å². The number of benzene rings is 1. The Morgan fingerprint density at radius 3 is 2.52 bits per heavy atom. The van der Waals surface area contributed by atoms with E-state index >= 15 is 0 Å². The van der Waals surface area contributed by atoms with Crippen LogP contribution in [0.25, 0.3) is 53.5 Å². The number of aryl methyl sites for hydroxylation is 1. The predicted octanol–water partition coefficient (Wildman–Crippen LogP) is 7.57. The molecule has 3 aromatic rings. The van der Waals surface area contributed by atoms with Crippen LogP contribution in [0.2, 0.25) is 0 Å². The first-order valence-corrected chi connectivity index (χ1v) is 13.7. The van der Waals surface area contributed by atoms with E-state index in [1.165, 1.54) is 11.1 Å². The van der Waals surface area contributed by atoms with E-state index in [9.17, 15) is 0 Å². The van der Waals surface area contributed by atoms with Crippen LogP contribution in [0.1, 0.15) is 60.6 Å². The molecule has 2 aliphatic rings.